The lowest BCUT2D eigenvalue weighted by Gasteiger charge is -2.30. The Kier molecular flexibility index (Phi) is 16.8. The number of nitrogens with zero attached hydrogens (tertiary/aromatic N) is 1. The SMILES string of the molecule is CC(=O)OC(C)(C)C.CCCC(CCC(C)CC)N=C/C([B]OC(C)(C)C(C)C)=C\N. The van der Waals surface area contributed by atoms with E-state index in [1.807, 2.05) is 27.0 Å². The summed E-state index contributed by atoms with van der Waals surface area (Å²) in [7, 11) is 1.74. The third kappa shape index (κ3) is 19.1. The second-order valence-electron chi connectivity index (χ2n) is 10.2. The van der Waals surface area contributed by atoms with Gasteiger partial charge in [-0.25, -0.2) is 0 Å². The summed E-state index contributed by atoms with van der Waals surface area (Å²) in [6.07, 6.45) is 9.34. The second-order valence-corrected chi connectivity index (χ2v) is 10.2. The van der Waals surface area contributed by atoms with Gasteiger partial charge >= 0.3 is 13.5 Å². The zero-order chi connectivity index (χ0) is 24.7. The van der Waals surface area contributed by atoms with Gasteiger partial charge in [-0.2, -0.15) is 0 Å². The smallest absolute Gasteiger partial charge is 0.333 e. The molecule has 1 radical (unpaired) electrons. The molecule has 0 aliphatic heterocycles. The second kappa shape index (κ2) is 16.4. The maximum atomic E-state index is 10.2. The van der Waals surface area contributed by atoms with Gasteiger partial charge in [0, 0.05) is 24.8 Å². The molecule has 31 heavy (non-hydrogen) atoms. The summed E-state index contributed by atoms with van der Waals surface area (Å²) in [4.78, 5) is 15.0. The molecule has 2 N–H and O–H groups in total. The van der Waals surface area contributed by atoms with Crippen LogP contribution in [0.2, 0.25) is 0 Å². The van der Waals surface area contributed by atoms with Crippen LogP contribution in [0.15, 0.2) is 16.7 Å². The van der Waals surface area contributed by atoms with Gasteiger partial charge in [-0.1, -0.05) is 47.5 Å². The van der Waals surface area contributed by atoms with E-state index in [1.165, 1.54) is 19.8 Å². The predicted molar refractivity (Wildman–Crippen MR) is 135 cm³/mol. The van der Waals surface area contributed by atoms with Gasteiger partial charge in [0.15, 0.2) is 0 Å². The van der Waals surface area contributed by atoms with Crippen molar-refractivity contribution in [3.63, 3.8) is 0 Å². The lowest BCUT2D eigenvalue weighted by molar-refractivity contribution is -0.151. The number of esters is 1. The quantitative estimate of drug-likeness (QED) is 0.222. The summed E-state index contributed by atoms with van der Waals surface area (Å²) in [6, 6.07) is 0.385. The Hall–Kier alpha value is -1.30. The molecule has 0 aromatic heterocycles. The van der Waals surface area contributed by atoms with Crippen LogP contribution in [-0.4, -0.2) is 36.9 Å². The standard InChI is InChI=1S/C19H38BN2O.C6H12O2/c1-8-10-18(12-11-16(5)9-2)22-14-17(13-21)20-23-19(6,7)15(3)4;1-5(7)8-6(2,3)4/h13-16,18H,8-12,21H2,1-7H3;1-4H3/b17-13+,22-14?;. The summed E-state index contributed by atoms with van der Waals surface area (Å²) >= 11 is 0. The van der Waals surface area contributed by atoms with Crippen molar-refractivity contribution in [3.8, 4) is 0 Å². The van der Waals surface area contributed by atoms with Crippen molar-refractivity contribution < 1.29 is 14.2 Å². The first-order valence-corrected chi connectivity index (χ1v) is 11.8. The van der Waals surface area contributed by atoms with E-state index in [0.717, 1.165) is 30.7 Å². The minimum atomic E-state index is -0.328. The van der Waals surface area contributed by atoms with Gasteiger partial charge in [0.1, 0.15) is 5.60 Å². The minimum Gasteiger partial charge on any atom is -0.460 e. The van der Waals surface area contributed by atoms with Crippen molar-refractivity contribution in [2.24, 2.45) is 22.6 Å². The zero-order valence-corrected chi connectivity index (χ0v) is 22.2. The van der Waals surface area contributed by atoms with Gasteiger partial charge in [0.05, 0.1) is 0 Å². The average molecular weight is 437 g/mol. The van der Waals surface area contributed by atoms with Gasteiger partial charge < -0.3 is 15.1 Å². The van der Waals surface area contributed by atoms with E-state index < -0.39 is 0 Å². The molecule has 0 bridgehead atoms. The van der Waals surface area contributed by atoms with E-state index in [1.54, 1.807) is 13.7 Å². The Morgan fingerprint density at radius 2 is 1.65 bits per heavy atom. The highest BCUT2D eigenvalue weighted by Gasteiger charge is 2.23. The fourth-order valence-corrected chi connectivity index (χ4v) is 2.40. The molecule has 181 valence electrons. The first-order chi connectivity index (χ1) is 14.2. The highest BCUT2D eigenvalue weighted by Crippen LogP contribution is 2.20. The highest BCUT2D eigenvalue weighted by atomic mass is 16.6. The molecule has 0 heterocycles. The topological polar surface area (TPSA) is 73.9 Å². The van der Waals surface area contributed by atoms with Gasteiger partial charge in [0.25, 0.3) is 0 Å². The molecule has 0 aliphatic rings. The summed E-state index contributed by atoms with van der Waals surface area (Å²) in [6.45, 7) is 22.2. The molecule has 0 saturated carbocycles. The van der Waals surface area contributed by atoms with Gasteiger partial charge in [-0.3, -0.25) is 9.79 Å². The van der Waals surface area contributed by atoms with Crippen LogP contribution >= 0.6 is 0 Å². The molecule has 0 amide bonds. The minimum absolute atomic E-state index is 0.207. The van der Waals surface area contributed by atoms with Crippen molar-refractivity contribution in [2.45, 2.75) is 126 Å². The van der Waals surface area contributed by atoms with Crippen LogP contribution in [-0.2, 0) is 14.2 Å². The Bertz CT molecular complexity index is 537. The normalized spacial score (nSPS) is 14.8. The van der Waals surface area contributed by atoms with Crippen LogP contribution in [0.5, 0.6) is 0 Å². The number of hydrogen-bond acceptors (Lipinski definition) is 5. The molecule has 0 spiro atoms. The number of allylic oxidation sites excluding steroid dienone is 1. The summed E-state index contributed by atoms with van der Waals surface area (Å²) in [5.74, 6) is 0.978. The Labute approximate surface area is 193 Å². The van der Waals surface area contributed by atoms with Crippen LogP contribution in [0.3, 0.4) is 0 Å². The molecule has 0 saturated heterocycles. The third-order valence-electron chi connectivity index (χ3n) is 5.28. The first-order valence-electron chi connectivity index (χ1n) is 11.8. The molecule has 0 rings (SSSR count). The molecule has 2 unspecified atom stereocenters. The number of hydrogen-bond donors (Lipinski definition) is 1. The lowest BCUT2D eigenvalue weighted by Crippen LogP contribution is -2.33. The summed E-state index contributed by atoms with van der Waals surface area (Å²) in [5.41, 5.74) is 6.02. The van der Waals surface area contributed by atoms with Crippen LogP contribution in [0, 0.1) is 11.8 Å². The van der Waals surface area contributed by atoms with Crippen molar-refractivity contribution in [3.05, 3.63) is 11.7 Å². The van der Waals surface area contributed by atoms with E-state index in [9.17, 15) is 4.79 Å². The molecule has 0 aromatic rings. The summed E-state index contributed by atoms with van der Waals surface area (Å²) < 4.78 is 10.7. The van der Waals surface area contributed by atoms with Crippen LogP contribution in [0.25, 0.3) is 0 Å². The predicted octanol–water partition coefficient (Wildman–Crippen LogP) is 6.27. The van der Waals surface area contributed by atoms with E-state index in [0.29, 0.717) is 12.0 Å². The van der Waals surface area contributed by atoms with E-state index in [4.69, 9.17) is 20.1 Å². The van der Waals surface area contributed by atoms with Crippen molar-refractivity contribution in [2.75, 3.05) is 0 Å². The highest BCUT2D eigenvalue weighted by molar-refractivity contribution is 6.46. The number of ether oxygens (including phenoxy) is 1. The summed E-state index contributed by atoms with van der Waals surface area (Å²) in [5, 5.41) is 0. The molecule has 0 aliphatic carbocycles. The fourth-order valence-electron chi connectivity index (χ4n) is 2.40. The van der Waals surface area contributed by atoms with Crippen LogP contribution in [0.1, 0.15) is 108 Å². The molecular formula is C25H50BN2O3. The van der Waals surface area contributed by atoms with Crippen molar-refractivity contribution >= 4 is 19.7 Å². The third-order valence-corrected chi connectivity index (χ3v) is 5.28. The van der Waals surface area contributed by atoms with Crippen molar-refractivity contribution in [1.29, 1.82) is 0 Å². The Morgan fingerprint density at radius 3 is 2.00 bits per heavy atom. The Morgan fingerprint density at radius 1 is 1.06 bits per heavy atom. The monoisotopic (exact) mass is 437 g/mol. The molecule has 0 fully saturated rings. The molecule has 6 heteroatoms. The number of nitrogens with two attached hydrogens (primary N) is 1. The fraction of sp³-hybridized carbons (Fsp3) is 0.840. The maximum absolute atomic E-state index is 10.2. The molecule has 0 aromatic carbocycles. The number of rotatable bonds is 12. The maximum Gasteiger partial charge on any atom is 0.333 e. The average Bonchev–Trinajstić information content (AvgIpc) is 2.63. The van der Waals surface area contributed by atoms with E-state index in [-0.39, 0.29) is 17.2 Å². The Balaban J connectivity index is 0. The van der Waals surface area contributed by atoms with Gasteiger partial charge in [0.2, 0.25) is 0 Å². The van der Waals surface area contributed by atoms with E-state index in [2.05, 4.69) is 48.5 Å². The molecular weight excluding hydrogens is 387 g/mol. The number of carbonyl (C=O) groups is 1. The first kappa shape index (κ1) is 31.9. The largest absolute Gasteiger partial charge is 0.460 e. The zero-order valence-electron chi connectivity index (χ0n) is 22.2. The van der Waals surface area contributed by atoms with Gasteiger partial charge in [-0.05, 0) is 77.4 Å². The van der Waals surface area contributed by atoms with E-state index >= 15 is 0 Å². The van der Waals surface area contributed by atoms with Crippen molar-refractivity contribution in [1.82, 2.24) is 0 Å². The molecule has 5 nitrogen and oxygen atoms in total. The number of carbonyl (C=O) groups excluding carboxylic acids is 1. The number of aliphatic imine (C=N–C) groups is 1. The van der Waals surface area contributed by atoms with Crippen LogP contribution in [0.4, 0.5) is 0 Å². The lowest BCUT2D eigenvalue weighted by atomic mass is 9.84. The molecule has 2 atom stereocenters. The van der Waals surface area contributed by atoms with Crippen LogP contribution < -0.4 is 5.73 Å². The van der Waals surface area contributed by atoms with Gasteiger partial charge in [-0.15, -0.1) is 0 Å².